The van der Waals surface area contributed by atoms with Crippen LogP contribution in [0, 0.1) is 0 Å². The van der Waals surface area contributed by atoms with Gasteiger partial charge in [0.1, 0.15) is 0 Å². The van der Waals surface area contributed by atoms with Crippen molar-refractivity contribution in [3.63, 3.8) is 0 Å². The van der Waals surface area contributed by atoms with Crippen LogP contribution in [0.25, 0.3) is 11.0 Å². The molecule has 1 fully saturated rings. The van der Waals surface area contributed by atoms with E-state index in [1.807, 2.05) is 12.1 Å². The second kappa shape index (κ2) is 4.70. The smallest absolute Gasteiger partial charge is 0.160 e. The maximum atomic E-state index is 5.89. The van der Waals surface area contributed by atoms with Crippen molar-refractivity contribution in [1.82, 2.24) is 15.2 Å². The van der Waals surface area contributed by atoms with E-state index in [1.54, 1.807) is 0 Å². The van der Waals surface area contributed by atoms with Crippen LogP contribution in [-0.2, 0) is 0 Å². The Hall–Kier alpha value is -1.82. The molecule has 1 saturated heterocycles. The molecule has 1 atom stereocenters. The fraction of sp³-hybridized carbons (Fsp3) is 0.538. The van der Waals surface area contributed by atoms with Crippen LogP contribution in [0.2, 0.25) is 0 Å². The average molecular weight is 261 g/mol. The molecule has 1 aromatic carbocycles. The van der Waals surface area contributed by atoms with Crippen molar-refractivity contribution in [2.24, 2.45) is 0 Å². The van der Waals surface area contributed by atoms with Gasteiger partial charge < -0.3 is 15.5 Å². The number of benzene rings is 1. The number of rotatable bonds is 3. The fourth-order valence-electron chi connectivity index (χ4n) is 2.87. The Morgan fingerprint density at radius 2 is 2.16 bits per heavy atom. The molecule has 6 heteroatoms. The molecule has 2 aromatic rings. The van der Waals surface area contributed by atoms with Gasteiger partial charge >= 0.3 is 0 Å². The SMILES string of the molecule is CN(C)CC1CCCN1c1ccc(N)c2nonc12. The molecule has 0 saturated carbocycles. The molecular weight excluding hydrogens is 242 g/mol. The Morgan fingerprint density at radius 3 is 2.95 bits per heavy atom. The van der Waals surface area contributed by atoms with E-state index in [9.17, 15) is 0 Å². The van der Waals surface area contributed by atoms with Crippen molar-refractivity contribution >= 4 is 22.4 Å². The third-order valence-corrected chi connectivity index (χ3v) is 3.69. The van der Waals surface area contributed by atoms with E-state index in [2.05, 4.69) is 34.2 Å². The first-order chi connectivity index (χ1) is 9.16. The van der Waals surface area contributed by atoms with Crippen molar-refractivity contribution in [3.8, 4) is 0 Å². The fourth-order valence-corrected chi connectivity index (χ4v) is 2.87. The Bertz CT molecular complexity index is 579. The van der Waals surface area contributed by atoms with Gasteiger partial charge in [0, 0.05) is 19.1 Å². The predicted molar refractivity (Wildman–Crippen MR) is 75.1 cm³/mol. The first-order valence-corrected chi connectivity index (χ1v) is 6.59. The highest BCUT2D eigenvalue weighted by Gasteiger charge is 2.27. The molecule has 1 unspecified atom stereocenters. The van der Waals surface area contributed by atoms with Gasteiger partial charge in [-0.25, -0.2) is 4.63 Å². The number of anilines is 2. The number of hydrogen-bond acceptors (Lipinski definition) is 6. The Balaban J connectivity index is 1.99. The van der Waals surface area contributed by atoms with Gasteiger partial charge in [0.25, 0.3) is 0 Å². The lowest BCUT2D eigenvalue weighted by Crippen LogP contribution is -2.37. The van der Waals surface area contributed by atoms with Crippen molar-refractivity contribution in [1.29, 1.82) is 0 Å². The summed E-state index contributed by atoms with van der Waals surface area (Å²) in [4.78, 5) is 4.62. The Labute approximate surface area is 112 Å². The third kappa shape index (κ3) is 2.12. The van der Waals surface area contributed by atoms with E-state index < -0.39 is 0 Å². The average Bonchev–Trinajstić information content (AvgIpc) is 2.98. The van der Waals surface area contributed by atoms with E-state index in [4.69, 9.17) is 10.4 Å². The zero-order valence-corrected chi connectivity index (χ0v) is 11.3. The van der Waals surface area contributed by atoms with Crippen LogP contribution in [0.15, 0.2) is 16.8 Å². The number of nitrogens with two attached hydrogens (primary N) is 1. The Kier molecular flexibility index (Phi) is 3.02. The standard InChI is InChI=1S/C13H19N5O/c1-17(2)8-9-4-3-7-18(9)11-6-5-10(14)12-13(11)16-19-15-12/h5-6,9H,3-4,7-8,14H2,1-2H3. The largest absolute Gasteiger partial charge is 0.397 e. The first-order valence-electron chi connectivity index (χ1n) is 6.59. The van der Waals surface area contributed by atoms with Crippen molar-refractivity contribution in [3.05, 3.63) is 12.1 Å². The molecule has 3 rings (SSSR count). The molecule has 0 spiro atoms. The van der Waals surface area contributed by atoms with Gasteiger partial charge in [0.2, 0.25) is 0 Å². The molecule has 0 amide bonds. The van der Waals surface area contributed by atoms with Gasteiger partial charge in [-0.1, -0.05) is 0 Å². The van der Waals surface area contributed by atoms with E-state index in [0.29, 0.717) is 17.2 Å². The lowest BCUT2D eigenvalue weighted by molar-refractivity contribution is 0.315. The summed E-state index contributed by atoms with van der Waals surface area (Å²) in [6, 6.07) is 4.42. The second-order valence-corrected chi connectivity index (χ2v) is 5.39. The summed E-state index contributed by atoms with van der Waals surface area (Å²) < 4.78 is 4.85. The molecule has 0 radical (unpaired) electrons. The van der Waals surface area contributed by atoms with Gasteiger partial charge in [-0.15, -0.1) is 0 Å². The number of nitrogen functional groups attached to an aromatic ring is 1. The minimum Gasteiger partial charge on any atom is -0.397 e. The lowest BCUT2D eigenvalue weighted by atomic mass is 10.1. The molecule has 1 aromatic heterocycles. The zero-order valence-electron chi connectivity index (χ0n) is 11.3. The van der Waals surface area contributed by atoms with Crippen LogP contribution in [0.5, 0.6) is 0 Å². The van der Waals surface area contributed by atoms with Gasteiger partial charge in [-0.2, -0.15) is 0 Å². The normalized spacial score (nSPS) is 19.7. The van der Waals surface area contributed by atoms with Crippen LogP contribution in [0.3, 0.4) is 0 Å². The van der Waals surface area contributed by atoms with E-state index in [0.717, 1.165) is 24.3 Å². The van der Waals surface area contributed by atoms with Crippen LogP contribution in [0.1, 0.15) is 12.8 Å². The minimum atomic E-state index is 0.513. The molecule has 19 heavy (non-hydrogen) atoms. The molecule has 0 aliphatic carbocycles. The number of nitrogens with zero attached hydrogens (tertiary/aromatic N) is 4. The molecule has 102 valence electrons. The predicted octanol–water partition coefficient (Wildman–Crippen LogP) is 1.34. The number of aromatic nitrogens is 2. The topological polar surface area (TPSA) is 71.4 Å². The number of likely N-dealkylation sites (N-methyl/N-ethyl adjacent to an activating group) is 1. The Morgan fingerprint density at radius 1 is 1.37 bits per heavy atom. The summed E-state index contributed by atoms with van der Waals surface area (Å²) in [6.07, 6.45) is 2.41. The molecule has 1 aliphatic heterocycles. The molecule has 6 nitrogen and oxygen atoms in total. The monoisotopic (exact) mass is 261 g/mol. The van der Waals surface area contributed by atoms with Gasteiger partial charge in [0.05, 0.1) is 11.4 Å². The van der Waals surface area contributed by atoms with Gasteiger partial charge in [-0.05, 0) is 49.4 Å². The summed E-state index contributed by atoms with van der Waals surface area (Å²) >= 11 is 0. The van der Waals surface area contributed by atoms with Gasteiger partial charge in [-0.3, -0.25) is 0 Å². The highest BCUT2D eigenvalue weighted by molar-refractivity contribution is 5.95. The second-order valence-electron chi connectivity index (χ2n) is 5.39. The number of fused-ring (bicyclic) bond motifs is 1. The van der Waals surface area contributed by atoms with Crippen LogP contribution < -0.4 is 10.6 Å². The van der Waals surface area contributed by atoms with E-state index >= 15 is 0 Å². The molecular formula is C13H19N5O. The number of hydrogen-bond donors (Lipinski definition) is 1. The van der Waals surface area contributed by atoms with Gasteiger partial charge in [0.15, 0.2) is 11.0 Å². The molecule has 0 bridgehead atoms. The third-order valence-electron chi connectivity index (χ3n) is 3.69. The highest BCUT2D eigenvalue weighted by Crippen LogP contribution is 2.33. The summed E-state index contributed by atoms with van der Waals surface area (Å²) in [5, 5.41) is 7.90. The molecule has 1 aliphatic rings. The van der Waals surface area contributed by atoms with Crippen molar-refractivity contribution in [2.45, 2.75) is 18.9 Å². The van der Waals surface area contributed by atoms with Crippen LogP contribution in [-0.4, -0.2) is 48.4 Å². The zero-order chi connectivity index (χ0) is 13.4. The van der Waals surface area contributed by atoms with Crippen molar-refractivity contribution in [2.75, 3.05) is 37.8 Å². The summed E-state index contributed by atoms with van der Waals surface area (Å²) in [7, 11) is 4.21. The van der Waals surface area contributed by atoms with Crippen molar-refractivity contribution < 1.29 is 4.63 Å². The van der Waals surface area contributed by atoms with Crippen LogP contribution >= 0.6 is 0 Å². The molecule has 2 N–H and O–H groups in total. The maximum absolute atomic E-state index is 5.89. The first kappa shape index (κ1) is 12.2. The van der Waals surface area contributed by atoms with E-state index in [-0.39, 0.29) is 0 Å². The summed E-state index contributed by atoms with van der Waals surface area (Å²) in [6.45, 7) is 2.08. The summed E-state index contributed by atoms with van der Waals surface area (Å²) in [5.41, 5.74) is 9.02. The minimum absolute atomic E-state index is 0.513. The molecule has 2 heterocycles. The quantitative estimate of drug-likeness (QED) is 0.841. The highest BCUT2D eigenvalue weighted by atomic mass is 16.6. The lowest BCUT2D eigenvalue weighted by Gasteiger charge is -2.29. The summed E-state index contributed by atoms with van der Waals surface area (Å²) in [5.74, 6) is 0. The van der Waals surface area contributed by atoms with Crippen LogP contribution in [0.4, 0.5) is 11.4 Å². The maximum Gasteiger partial charge on any atom is 0.160 e. The van der Waals surface area contributed by atoms with E-state index in [1.165, 1.54) is 12.8 Å².